The molecule has 1 aromatic carbocycles. The van der Waals surface area contributed by atoms with Crippen LogP contribution in [0.25, 0.3) is 5.69 Å². The van der Waals surface area contributed by atoms with Gasteiger partial charge in [-0.05, 0) is 55.2 Å². The Morgan fingerprint density at radius 1 is 1.20 bits per heavy atom. The first-order chi connectivity index (χ1) is 16.4. The molecule has 1 saturated heterocycles. The summed E-state index contributed by atoms with van der Waals surface area (Å²) in [4.78, 5) is 26.0. The molecule has 3 N–H and O–H groups in total. The SMILES string of the molecule is CC(=O)N1CC[C@@H](Nc2cc(-n3c4c(c5c3CC(C)(C)CS5(=O)=O)CCC4)cc(F)c2C(N)=O)C1. The maximum atomic E-state index is 15.4. The quantitative estimate of drug-likeness (QED) is 0.667. The lowest BCUT2D eigenvalue weighted by atomic mass is 9.89. The zero-order valence-electron chi connectivity index (χ0n) is 20.3. The lowest BCUT2D eigenvalue weighted by Crippen LogP contribution is -2.33. The van der Waals surface area contributed by atoms with Crippen molar-refractivity contribution in [3.8, 4) is 5.69 Å². The Morgan fingerprint density at radius 2 is 1.94 bits per heavy atom. The molecule has 2 amide bonds. The molecule has 10 heteroatoms. The molecule has 8 nitrogen and oxygen atoms in total. The molecule has 3 aliphatic rings. The van der Waals surface area contributed by atoms with Crippen LogP contribution in [0.5, 0.6) is 0 Å². The van der Waals surface area contributed by atoms with Crippen molar-refractivity contribution in [3.63, 3.8) is 0 Å². The molecule has 3 heterocycles. The predicted molar refractivity (Wildman–Crippen MR) is 130 cm³/mol. The van der Waals surface area contributed by atoms with Crippen LogP contribution in [-0.4, -0.2) is 54.6 Å². The number of sulfone groups is 1. The van der Waals surface area contributed by atoms with E-state index in [0.29, 0.717) is 55.0 Å². The van der Waals surface area contributed by atoms with Gasteiger partial charge in [-0.3, -0.25) is 9.59 Å². The van der Waals surface area contributed by atoms with E-state index in [-0.39, 0.29) is 29.0 Å². The van der Waals surface area contributed by atoms with Crippen LogP contribution in [0.1, 0.15) is 60.9 Å². The molecular formula is C25H31FN4O4S. The van der Waals surface area contributed by atoms with Gasteiger partial charge in [-0.25, -0.2) is 12.8 Å². The second-order valence-electron chi connectivity index (χ2n) is 10.8. The van der Waals surface area contributed by atoms with E-state index in [1.165, 1.54) is 13.0 Å². The van der Waals surface area contributed by atoms with Crippen molar-refractivity contribution in [1.29, 1.82) is 0 Å². The molecule has 1 fully saturated rings. The molecule has 0 bridgehead atoms. The smallest absolute Gasteiger partial charge is 0.253 e. The number of rotatable bonds is 4. The summed E-state index contributed by atoms with van der Waals surface area (Å²) in [7, 11) is -3.48. The molecule has 188 valence electrons. The topological polar surface area (TPSA) is 114 Å². The predicted octanol–water partition coefficient (Wildman–Crippen LogP) is 2.59. The van der Waals surface area contributed by atoms with Gasteiger partial charge in [-0.1, -0.05) is 13.8 Å². The minimum absolute atomic E-state index is 0.0392. The van der Waals surface area contributed by atoms with Gasteiger partial charge in [0.25, 0.3) is 5.91 Å². The summed E-state index contributed by atoms with van der Waals surface area (Å²) in [6.07, 6.45) is 3.43. The van der Waals surface area contributed by atoms with Crippen LogP contribution < -0.4 is 11.1 Å². The van der Waals surface area contributed by atoms with E-state index >= 15 is 4.39 Å². The number of aromatic nitrogens is 1. The molecular weight excluding hydrogens is 471 g/mol. The Kier molecular flexibility index (Phi) is 5.50. The Labute approximate surface area is 204 Å². The number of nitrogens with zero attached hydrogens (tertiary/aromatic N) is 2. The van der Waals surface area contributed by atoms with Gasteiger partial charge in [0, 0.05) is 37.4 Å². The minimum Gasteiger partial charge on any atom is -0.380 e. The highest BCUT2D eigenvalue weighted by molar-refractivity contribution is 7.91. The summed E-state index contributed by atoms with van der Waals surface area (Å²) in [6.45, 7) is 6.39. The number of hydrogen-bond donors (Lipinski definition) is 2. The number of benzene rings is 1. The van der Waals surface area contributed by atoms with Crippen molar-refractivity contribution in [2.24, 2.45) is 11.1 Å². The molecule has 1 aromatic heterocycles. The number of halogens is 1. The van der Waals surface area contributed by atoms with Crippen LogP contribution in [0.15, 0.2) is 17.0 Å². The fourth-order valence-electron chi connectivity index (χ4n) is 6.06. The van der Waals surface area contributed by atoms with E-state index < -0.39 is 27.0 Å². The van der Waals surface area contributed by atoms with E-state index in [0.717, 1.165) is 17.7 Å². The number of likely N-dealkylation sites (tertiary alicyclic amines) is 1. The molecule has 0 unspecified atom stereocenters. The van der Waals surface area contributed by atoms with Crippen molar-refractivity contribution in [2.45, 2.75) is 63.8 Å². The van der Waals surface area contributed by atoms with Gasteiger partial charge in [-0.2, -0.15) is 0 Å². The van der Waals surface area contributed by atoms with Crippen LogP contribution in [0.4, 0.5) is 10.1 Å². The zero-order valence-corrected chi connectivity index (χ0v) is 21.1. The molecule has 0 spiro atoms. The first kappa shape index (κ1) is 23.8. The standard InChI is InChI=1S/C25H31FN4O4S/c1-14(31)29-8-7-15(12-29)28-19-10-16(9-18(26)22(19)24(27)32)30-20-6-4-5-17(20)23-21(30)11-25(2,3)13-35(23,33)34/h9-10,15,28H,4-8,11-13H2,1-3H3,(H2,27,32)/t15-/m1/s1. The maximum Gasteiger partial charge on any atom is 0.253 e. The number of primary amides is 1. The summed E-state index contributed by atoms with van der Waals surface area (Å²) in [5, 5.41) is 3.23. The highest BCUT2D eigenvalue weighted by Crippen LogP contribution is 2.44. The Morgan fingerprint density at radius 3 is 2.60 bits per heavy atom. The second kappa shape index (κ2) is 8.08. The van der Waals surface area contributed by atoms with Crippen LogP contribution >= 0.6 is 0 Å². The van der Waals surface area contributed by atoms with E-state index in [1.807, 2.05) is 18.4 Å². The molecule has 2 aliphatic heterocycles. The number of amides is 2. The molecule has 0 saturated carbocycles. The molecule has 1 aliphatic carbocycles. The van der Waals surface area contributed by atoms with Gasteiger partial charge in [-0.15, -0.1) is 0 Å². The van der Waals surface area contributed by atoms with Gasteiger partial charge in [0.2, 0.25) is 5.91 Å². The van der Waals surface area contributed by atoms with E-state index in [4.69, 9.17) is 5.73 Å². The summed E-state index contributed by atoms with van der Waals surface area (Å²) in [5.74, 6) is -1.60. The van der Waals surface area contributed by atoms with Gasteiger partial charge in [0.15, 0.2) is 9.84 Å². The normalized spacial score (nSPS) is 22.1. The summed E-state index contributed by atoms with van der Waals surface area (Å²) in [5.41, 5.74) is 8.01. The van der Waals surface area contributed by atoms with Gasteiger partial charge >= 0.3 is 0 Å². The largest absolute Gasteiger partial charge is 0.380 e. The average molecular weight is 503 g/mol. The number of anilines is 1. The van der Waals surface area contributed by atoms with Crippen molar-refractivity contribution < 1.29 is 22.4 Å². The van der Waals surface area contributed by atoms with Crippen molar-refractivity contribution in [3.05, 3.63) is 40.5 Å². The Balaban J connectivity index is 1.66. The first-order valence-electron chi connectivity index (χ1n) is 12.0. The van der Waals surface area contributed by atoms with E-state index in [9.17, 15) is 18.0 Å². The maximum absolute atomic E-state index is 15.4. The Bertz CT molecular complexity index is 1360. The fraction of sp³-hybridized carbons (Fsp3) is 0.520. The second-order valence-corrected chi connectivity index (χ2v) is 12.7. The Hall–Kier alpha value is -2.88. The number of carbonyl (C=O) groups is 2. The minimum atomic E-state index is -3.48. The van der Waals surface area contributed by atoms with Gasteiger partial charge in [0.1, 0.15) is 5.82 Å². The number of hydrogen-bond acceptors (Lipinski definition) is 5. The highest BCUT2D eigenvalue weighted by Gasteiger charge is 2.42. The van der Waals surface area contributed by atoms with Crippen LogP contribution in [0, 0.1) is 11.2 Å². The third-order valence-electron chi connectivity index (χ3n) is 7.38. The van der Waals surface area contributed by atoms with Gasteiger partial charge in [0.05, 0.1) is 27.6 Å². The van der Waals surface area contributed by atoms with Crippen LogP contribution in [-0.2, 0) is 33.9 Å². The lowest BCUT2D eigenvalue weighted by molar-refractivity contribution is -0.127. The third-order valence-corrected chi connectivity index (χ3v) is 9.64. The summed E-state index contributed by atoms with van der Waals surface area (Å²) in [6, 6.07) is 2.80. The molecule has 2 aromatic rings. The molecule has 5 rings (SSSR count). The third kappa shape index (κ3) is 4.01. The number of nitrogens with one attached hydrogen (secondary N) is 1. The lowest BCUT2D eigenvalue weighted by Gasteiger charge is -2.31. The number of fused-ring (bicyclic) bond motifs is 3. The van der Waals surface area contributed by atoms with E-state index in [1.54, 1.807) is 11.0 Å². The van der Waals surface area contributed by atoms with E-state index in [2.05, 4.69) is 5.32 Å². The zero-order chi connectivity index (χ0) is 25.3. The van der Waals surface area contributed by atoms with Crippen LogP contribution in [0.3, 0.4) is 0 Å². The first-order valence-corrected chi connectivity index (χ1v) is 13.7. The van der Waals surface area contributed by atoms with Crippen molar-refractivity contribution in [1.82, 2.24) is 9.47 Å². The van der Waals surface area contributed by atoms with Crippen molar-refractivity contribution >= 4 is 27.3 Å². The average Bonchev–Trinajstić information content (AvgIpc) is 3.41. The molecule has 35 heavy (non-hydrogen) atoms. The molecule has 1 atom stereocenters. The monoisotopic (exact) mass is 502 g/mol. The summed E-state index contributed by atoms with van der Waals surface area (Å²) < 4.78 is 43.9. The fourth-order valence-corrected chi connectivity index (χ4v) is 8.45. The summed E-state index contributed by atoms with van der Waals surface area (Å²) >= 11 is 0. The number of nitrogens with two attached hydrogens (primary N) is 1. The van der Waals surface area contributed by atoms with Crippen molar-refractivity contribution in [2.75, 3.05) is 24.2 Å². The number of carbonyl (C=O) groups excluding carboxylic acids is 2. The highest BCUT2D eigenvalue weighted by atomic mass is 32.2. The van der Waals surface area contributed by atoms with Crippen LogP contribution in [0.2, 0.25) is 0 Å². The van der Waals surface area contributed by atoms with Gasteiger partial charge < -0.3 is 20.5 Å². The molecule has 0 radical (unpaired) electrons.